The molecule has 0 spiro atoms. The highest BCUT2D eigenvalue weighted by Crippen LogP contribution is 2.24. The van der Waals surface area contributed by atoms with Crippen LogP contribution in [0.4, 0.5) is 11.4 Å². The normalized spacial score (nSPS) is 11.5. The number of carbonyl (C=O) groups excluding carboxylic acids is 1. The summed E-state index contributed by atoms with van der Waals surface area (Å²) in [5.74, 6) is -1.52. The van der Waals surface area contributed by atoms with Crippen molar-refractivity contribution >= 4 is 40.0 Å². The molecular weight excluding hydrogens is 524 g/mol. The highest BCUT2D eigenvalue weighted by atomic mass is 16.5. The summed E-state index contributed by atoms with van der Waals surface area (Å²) >= 11 is 0. The van der Waals surface area contributed by atoms with Gasteiger partial charge in [0.2, 0.25) is 0 Å². The Labute approximate surface area is 237 Å². The first-order chi connectivity index (χ1) is 19.3. The molecule has 4 aromatic rings. The standard InChI is InChI=1S/C32H32N2O7/c1-31(2,29(36)37)40-26-13-9-24(10-14-26)33-19-20-5-6-22-18-23(8-7-21(22)17-20)28(35)34-25-11-15-27(16-12-25)41-32(3,4)30(38)39/h5-18,33H,19H2,1-4H3,(H,34,35)(H,36,37)(H,38,39). The van der Waals surface area contributed by atoms with Crippen LogP contribution in [0, 0.1) is 0 Å². The van der Waals surface area contributed by atoms with E-state index in [-0.39, 0.29) is 5.91 Å². The summed E-state index contributed by atoms with van der Waals surface area (Å²) < 4.78 is 11.0. The van der Waals surface area contributed by atoms with Crippen LogP contribution in [0.15, 0.2) is 84.9 Å². The van der Waals surface area contributed by atoms with E-state index in [1.54, 1.807) is 42.5 Å². The number of hydrogen-bond acceptors (Lipinski definition) is 6. The van der Waals surface area contributed by atoms with Gasteiger partial charge in [0, 0.05) is 23.5 Å². The first kappa shape index (κ1) is 28.9. The Hall–Kier alpha value is -5.05. The summed E-state index contributed by atoms with van der Waals surface area (Å²) in [6.45, 7) is 6.50. The van der Waals surface area contributed by atoms with Crippen molar-refractivity contribution < 1.29 is 34.1 Å². The van der Waals surface area contributed by atoms with Gasteiger partial charge in [-0.2, -0.15) is 0 Å². The van der Waals surface area contributed by atoms with E-state index in [4.69, 9.17) is 9.47 Å². The number of anilines is 2. The summed E-state index contributed by atoms with van der Waals surface area (Å²) in [5, 5.41) is 26.5. The van der Waals surface area contributed by atoms with Crippen LogP contribution in [-0.2, 0) is 16.1 Å². The van der Waals surface area contributed by atoms with Gasteiger partial charge >= 0.3 is 11.9 Å². The SMILES string of the molecule is CC(C)(Oc1ccc(NCc2ccc3cc(C(=O)Nc4ccc(OC(C)(C)C(=O)O)cc4)ccc3c2)cc1)C(=O)O. The molecule has 0 radical (unpaired) electrons. The lowest BCUT2D eigenvalue weighted by Crippen LogP contribution is -2.37. The maximum absolute atomic E-state index is 12.9. The molecule has 0 unspecified atom stereocenters. The summed E-state index contributed by atoms with van der Waals surface area (Å²) in [4.78, 5) is 35.4. The molecule has 4 rings (SSSR count). The Morgan fingerprint density at radius 2 is 1.15 bits per heavy atom. The van der Waals surface area contributed by atoms with Gasteiger partial charge < -0.3 is 30.3 Å². The monoisotopic (exact) mass is 556 g/mol. The number of carboxylic acid groups (broad SMARTS) is 2. The Morgan fingerprint density at radius 1 is 0.659 bits per heavy atom. The van der Waals surface area contributed by atoms with Crippen LogP contribution in [0.2, 0.25) is 0 Å². The van der Waals surface area contributed by atoms with Gasteiger partial charge in [0.1, 0.15) is 11.5 Å². The molecule has 0 aliphatic rings. The number of carboxylic acids is 2. The molecule has 0 saturated carbocycles. The topological polar surface area (TPSA) is 134 Å². The summed E-state index contributed by atoms with van der Waals surface area (Å²) in [6.07, 6.45) is 0. The van der Waals surface area contributed by atoms with Crippen molar-refractivity contribution in [3.63, 3.8) is 0 Å². The van der Waals surface area contributed by atoms with Crippen LogP contribution >= 0.6 is 0 Å². The number of nitrogens with one attached hydrogen (secondary N) is 2. The maximum atomic E-state index is 12.9. The molecule has 4 aromatic carbocycles. The number of amides is 1. The van der Waals surface area contributed by atoms with Gasteiger partial charge in [0.15, 0.2) is 11.2 Å². The first-order valence-electron chi connectivity index (χ1n) is 13.0. The molecule has 4 N–H and O–H groups in total. The van der Waals surface area contributed by atoms with E-state index in [0.29, 0.717) is 29.3 Å². The smallest absolute Gasteiger partial charge is 0.347 e. The zero-order valence-corrected chi connectivity index (χ0v) is 23.2. The average Bonchev–Trinajstić information content (AvgIpc) is 2.93. The Bertz CT molecular complexity index is 1580. The van der Waals surface area contributed by atoms with Crippen molar-refractivity contribution in [2.24, 2.45) is 0 Å². The predicted molar refractivity (Wildman–Crippen MR) is 157 cm³/mol. The van der Waals surface area contributed by atoms with Gasteiger partial charge in [-0.1, -0.05) is 18.2 Å². The highest BCUT2D eigenvalue weighted by Gasteiger charge is 2.30. The molecule has 9 heteroatoms. The van der Waals surface area contributed by atoms with Gasteiger partial charge in [0.25, 0.3) is 5.91 Å². The second-order valence-electron chi connectivity index (χ2n) is 10.6. The second-order valence-corrected chi connectivity index (χ2v) is 10.6. The van der Waals surface area contributed by atoms with Crippen molar-refractivity contribution in [2.75, 3.05) is 10.6 Å². The number of aliphatic carboxylic acids is 2. The number of hydrogen-bond donors (Lipinski definition) is 4. The largest absolute Gasteiger partial charge is 0.478 e. The van der Waals surface area contributed by atoms with Gasteiger partial charge in [-0.25, -0.2) is 9.59 Å². The van der Waals surface area contributed by atoms with E-state index in [1.165, 1.54) is 27.7 Å². The van der Waals surface area contributed by atoms with Crippen LogP contribution < -0.4 is 20.1 Å². The molecule has 0 fully saturated rings. The molecule has 9 nitrogen and oxygen atoms in total. The van der Waals surface area contributed by atoms with E-state index >= 15 is 0 Å². The van der Waals surface area contributed by atoms with Crippen LogP contribution in [0.1, 0.15) is 43.6 Å². The minimum Gasteiger partial charge on any atom is -0.478 e. The molecule has 41 heavy (non-hydrogen) atoms. The lowest BCUT2D eigenvalue weighted by molar-refractivity contribution is -0.152. The third kappa shape index (κ3) is 7.33. The second kappa shape index (κ2) is 11.6. The van der Waals surface area contributed by atoms with Crippen molar-refractivity contribution in [3.05, 3.63) is 96.1 Å². The maximum Gasteiger partial charge on any atom is 0.347 e. The van der Waals surface area contributed by atoms with Gasteiger partial charge in [-0.05, 0) is 111 Å². The highest BCUT2D eigenvalue weighted by molar-refractivity contribution is 6.06. The van der Waals surface area contributed by atoms with Crippen LogP contribution in [0.5, 0.6) is 11.5 Å². The fraction of sp³-hybridized carbons (Fsp3) is 0.219. The summed E-state index contributed by atoms with van der Waals surface area (Å²) in [5.41, 5.74) is 0.295. The number of carbonyl (C=O) groups is 3. The third-order valence-electron chi connectivity index (χ3n) is 6.41. The molecule has 212 valence electrons. The summed E-state index contributed by atoms with van der Waals surface area (Å²) in [7, 11) is 0. The van der Waals surface area contributed by atoms with E-state index in [9.17, 15) is 24.6 Å². The van der Waals surface area contributed by atoms with Crippen molar-refractivity contribution in [1.29, 1.82) is 0 Å². The number of benzene rings is 4. The third-order valence-corrected chi connectivity index (χ3v) is 6.41. The molecule has 0 saturated heterocycles. The van der Waals surface area contributed by atoms with Crippen LogP contribution in [-0.4, -0.2) is 39.3 Å². The molecule has 0 heterocycles. The van der Waals surface area contributed by atoms with E-state index in [2.05, 4.69) is 10.6 Å². The lowest BCUT2D eigenvalue weighted by Gasteiger charge is -2.21. The van der Waals surface area contributed by atoms with E-state index in [0.717, 1.165) is 22.0 Å². The van der Waals surface area contributed by atoms with Crippen molar-refractivity contribution in [1.82, 2.24) is 0 Å². The number of ether oxygens (including phenoxy) is 2. The zero-order chi connectivity index (χ0) is 29.8. The quantitative estimate of drug-likeness (QED) is 0.172. The fourth-order valence-corrected chi connectivity index (χ4v) is 3.88. The van der Waals surface area contributed by atoms with Gasteiger partial charge in [-0.3, -0.25) is 4.79 Å². The first-order valence-corrected chi connectivity index (χ1v) is 13.0. The fourth-order valence-electron chi connectivity index (χ4n) is 3.88. The summed E-state index contributed by atoms with van der Waals surface area (Å²) in [6, 6.07) is 25.1. The van der Waals surface area contributed by atoms with Gasteiger partial charge in [-0.15, -0.1) is 0 Å². The Morgan fingerprint density at radius 3 is 1.68 bits per heavy atom. The minimum atomic E-state index is -1.37. The number of fused-ring (bicyclic) bond motifs is 1. The molecule has 0 aromatic heterocycles. The Balaban J connectivity index is 1.35. The molecule has 0 atom stereocenters. The molecule has 1 amide bonds. The molecule has 0 bridgehead atoms. The predicted octanol–water partition coefficient (Wildman–Crippen LogP) is 6.19. The molecule has 0 aliphatic heterocycles. The van der Waals surface area contributed by atoms with E-state index < -0.39 is 23.1 Å². The minimum absolute atomic E-state index is 0.267. The Kier molecular flexibility index (Phi) is 8.18. The molecule has 0 aliphatic carbocycles. The number of rotatable bonds is 11. The van der Waals surface area contributed by atoms with Gasteiger partial charge in [0.05, 0.1) is 0 Å². The van der Waals surface area contributed by atoms with Crippen LogP contribution in [0.25, 0.3) is 10.8 Å². The van der Waals surface area contributed by atoms with E-state index in [1.807, 2.05) is 42.5 Å². The van der Waals surface area contributed by atoms with Crippen LogP contribution in [0.3, 0.4) is 0 Å². The average molecular weight is 557 g/mol. The lowest BCUT2D eigenvalue weighted by atomic mass is 10.0. The zero-order valence-electron chi connectivity index (χ0n) is 23.2. The molecular formula is C32H32N2O7. The van der Waals surface area contributed by atoms with Crippen molar-refractivity contribution in [2.45, 2.75) is 45.4 Å². The van der Waals surface area contributed by atoms with Crippen molar-refractivity contribution in [3.8, 4) is 11.5 Å².